The molecular formula is C14H21N3S. The van der Waals surface area contributed by atoms with E-state index in [4.69, 9.17) is 12.2 Å². The van der Waals surface area contributed by atoms with Gasteiger partial charge in [0.05, 0.1) is 5.69 Å². The number of hydrogen-bond donors (Lipinski definition) is 2. The SMILES string of the molecule is CCCCC[C@]1(C)NC(=S)N(c2ccccc2)N1. The molecule has 0 radical (unpaired) electrons. The van der Waals surface area contributed by atoms with Crippen molar-refractivity contribution in [1.29, 1.82) is 0 Å². The van der Waals surface area contributed by atoms with E-state index in [0.717, 1.165) is 17.2 Å². The maximum atomic E-state index is 5.40. The second-order valence-corrected chi connectivity index (χ2v) is 5.39. The maximum Gasteiger partial charge on any atom is 0.189 e. The third kappa shape index (κ3) is 3.00. The molecule has 1 aliphatic heterocycles. The van der Waals surface area contributed by atoms with Crippen molar-refractivity contribution in [2.45, 2.75) is 45.2 Å². The Morgan fingerprint density at radius 1 is 1.22 bits per heavy atom. The highest BCUT2D eigenvalue weighted by Crippen LogP contribution is 2.22. The number of thiocarbonyl (C=S) groups is 1. The van der Waals surface area contributed by atoms with E-state index in [9.17, 15) is 0 Å². The number of hydrazine groups is 1. The smallest absolute Gasteiger partial charge is 0.189 e. The van der Waals surface area contributed by atoms with E-state index in [1.165, 1.54) is 19.3 Å². The van der Waals surface area contributed by atoms with Gasteiger partial charge in [-0.15, -0.1) is 0 Å². The molecule has 4 heteroatoms. The second-order valence-electron chi connectivity index (χ2n) is 5.00. The third-order valence-electron chi connectivity index (χ3n) is 3.24. The number of anilines is 1. The minimum absolute atomic E-state index is 0.123. The Morgan fingerprint density at radius 2 is 1.94 bits per heavy atom. The summed E-state index contributed by atoms with van der Waals surface area (Å²) >= 11 is 5.40. The van der Waals surface area contributed by atoms with Gasteiger partial charge >= 0.3 is 0 Å². The van der Waals surface area contributed by atoms with Crippen molar-refractivity contribution in [1.82, 2.24) is 10.7 Å². The fourth-order valence-electron chi connectivity index (χ4n) is 2.22. The molecule has 0 aromatic heterocycles. The van der Waals surface area contributed by atoms with Crippen molar-refractivity contribution in [3.63, 3.8) is 0 Å². The molecule has 98 valence electrons. The van der Waals surface area contributed by atoms with Crippen LogP contribution in [0.1, 0.15) is 39.5 Å². The van der Waals surface area contributed by atoms with Gasteiger partial charge in [0.25, 0.3) is 0 Å². The zero-order valence-corrected chi connectivity index (χ0v) is 11.9. The summed E-state index contributed by atoms with van der Waals surface area (Å²) in [7, 11) is 0. The number of benzene rings is 1. The van der Waals surface area contributed by atoms with Crippen LogP contribution >= 0.6 is 12.2 Å². The van der Waals surface area contributed by atoms with Crippen LogP contribution in [-0.4, -0.2) is 10.8 Å². The molecule has 0 unspecified atom stereocenters. The Bertz CT molecular complexity index is 407. The fraction of sp³-hybridized carbons (Fsp3) is 0.500. The van der Waals surface area contributed by atoms with Crippen LogP contribution in [0.5, 0.6) is 0 Å². The molecule has 2 N–H and O–H groups in total. The lowest BCUT2D eigenvalue weighted by Gasteiger charge is -2.25. The first-order chi connectivity index (χ1) is 8.64. The van der Waals surface area contributed by atoms with E-state index < -0.39 is 0 Å². The van der Waals surface area contributed by atoms with Crippen LogP contribution in [0.15, 0.2) is 30.3 Å². The van der Waals surface area contributed by atoms with Gasteiger partial charge in [-0.25, -0.2) is 5.43 Å². The van der Waals surface area contributed by atoms with Crippen LogP contribution in [0.25, 0.3) is 0 Å². The van der Waals surface area contributed by atoms with Crippen LogP contribution in [0.3, 0.4) is 0 Å². The molecule has 0 bridgehead atoms. The van der Waals surface area contributed by atoms with Crippen molar-refractivity contribution in [3.05, 3.63) is 30.3 Å². The number of unbranched alkanes of at least 4 members (excludes halogenated alkanes) is 2. The topological polar surface area (TPSA) is 27.3 Å². The molecule has 1 aromatic carbocycles. The van der Waals surface area contributed by atoms with Gasteiger partial charge in [0.1, 0.15) is 5.66 Å². The number of rotatable bonds is 5. The largest absolute Gasteiger partial charge is 0.342 e. The Kier molecular flexibility index (Phi) is 4.19. The van der Waals surface area contributed by atoms with Crippen molar-refractivity contribution in [2.24, 2.45) is 0 Å². The van der Waals surface area contributed by atoms with Crippen LogP contribution in [0.4, 0.5) is 5.69 Å². The van der Waals surface area contributed by atoms with Gasteiger partial charge in [-0.1, -0.05) is 38.0 Å². The third-order valence-corrected chi connectivity index (χ3v) is 3.52. The van der Waals surface area contributed by atoms with Crippen molar-refractivity contribution < 1.29 is 0 Å². The van der Waals surface area contributed by atoms with Crippen molar-refractivity contribution >= 4 is 23.0 Å². The summed E-state index contributed by atoms with van der Waals surface area (Å²) in [5, 5.41) is 6.09. The summed E-state index contributed by atoms with van der Waals surface area (Å²) in [6.07, 6.45) is 4.78. The predicted octanol–water partition coefficient (Wildman–Crippen LogP) is 3.18. The summed E-state index contributed by atoms with van der Waals surface area (Å²) in [5.41, 5.74) is 4.43. The molecule has 1 heterocycles. The first-order valence-corrected chi connectivity index (χ1v) is 7.00. The highest BCUT2D eigenvalue weighted by Gasteiger charge is 2.35. The normalized spacial score (nSPS) is 23.2. The fourth-order valence-corrected chi connectivity index (χ4v) is 2.60. The van der Waals surface area contributed by atoms with Gasteiger partial charge < -0.3 is 5.32 Å². The number of para-hydroxylation sites is 1. The second kappa shape index (κ2) is 5.67. The number of hydrogen-bond acceptors (Lipinski definition) is 2. The molecule has 18 heavy (non-hydrogen) atoms. The molecule has 0 amide bonds. The van der Waals surface area contributed by atoms with Crippen LogP contribution in [-0.2, 0) is 0 Å². The molecule has 1 atom stereocenters. The van der Waals surface area contributed by atoms with E-state index in [-0.39, 0.29) is 5.66 Å². The molecule has 2 rings (SSSR count). The molecule has 3 nitrogen and oxygen atoms in total. The zero-order chi connectivity index (χ0) is 13.0. The highest BCUT2D eigenvalue weighted by molar-refractivity contribution is 7.80. The Balaban J connectivity index is 2.02. The molecule has 1 aromatic rings. The number of nitrogens with one attached hydrogen (secondary N) is 2. The van der Waals surface area contributed by atoms with E-state index >= 15 is 0 Å². The first-order valence-electron chi connectivity index (χ1n) is 6.60. The Morgan fingerprint density at radius 3 is 2.61 bits per heavy atom. The average Bonchev–Trinajstić information content (AvgIpc) is 2.67. The van der Waals surface area contributed by atoms with Gasteiger partial charge in [-0.2, -0.15) is 0 Å². The van der Waals surface area contributed by atoms with Gasteiger partial charge in [0.2, 0.25) is 0 Å². The number of nitrogens with zero attached hydrogens (tertiary/aromatic N) is 1. The van der Waals surface area contributed by atoms with Crippen LogP contribution < -0.4 is 15.8 Å². The Labute approximate surface area is 115 Å². The Hall–Kier alpha value is -1.13. The van der Waals surface area contributed by atoms with Crippen LogP contribution in [0, 0.1) is 0 Å². The minimum Gasteiger partial charge on any atom is -0.342 e. The molecule has 1 aliphatic rings. The first kappa shape index (κ1) is 13.3. The summed E-state index contributed by atoms with van der Waals surface area (Å²) in [6.45, 7) is 4.39. The van der Waals surface area contributed by atoms with Crippen molar-refractivity contribution in [2.75, 3.05) is 5.01 Å². The lowest BCUT2D eigenvalue weighted by Crippen LogP contribution is -2.48. The van der Waals surface area contributed by atoms with Gasteiger partial charge in [0.15, 0.2) is 5.11 Å². The summed E-state index contributed by atoms with van der Waals surface area (Å²) in [6, 6.07) is 10.2. The van der Waals surface area contributed by atoms with Crippen LogP contribution in [0.2, 0.25) is 0 Å². The molecule has 0 aliphatic carbocycles. The standard InChI is InChI=1S/C14H21N3S/c1-3-4-8-11-14(2)15-13(18)17(16-14)12-9-6-5-7-10-12/h5-7,9-10,16H,3-4,8,11H2,1-2H3,(H,15,18)/t14-/m1/s1. The average molecular weight is 263 g/mol. The molecule has 0 saturated carbocycles. The zero-order valence-electron chi connectivity index (χ0n) is 11.1. The van der Waals surface area contributed by atoms with E-state index in [1.807, 2.05) is 23.2 Å². The van der Waals surface area contributed by atoms with Gasteiger partial charge in [0, 0.05) is 0 Å². The monoisotopic (exact) mass is 263 g/mol. The summed E-state index contributed by atoms with van der Waals surface area (Å²) in [4.78, 5) is 0. The summed E-state index contributed by atoms with van der Waals surface area (Å²) in [5.74, 6) is 0. The predicted molar refractivity (Wildman–Crippen MR) is 80.3 cm³/mol. The molecule has 1 saturated heterocycles. The lowest BCUT2D eigenvalue weighted by atomic mass is 10.1. The highest BCUT2D eigenvalue weighted by atomic mass is 32.1. The molecule has 1 fully saturated rings. The van der Waals surface area contributed by atoms with Gasteiger partial charge in [-0.3, -0.25) is 5.01 Å². The van der Waals surface area contributed by atoms with E-state index in [1.54, 1.807) is 0 Å². The van der Waals surface area contributed by atoms with Crippen molar-refractivity contribution in [3.8, 4) is 0 Å². The molecule has 0 spiro atoms. The minimum atomic E-state index is -0.123. The van der Waals surface area contributed by atoms with E-state index in [2.05, 4.69) is 36.7 Å². The van der Waals surface area contributed by atoms with E-state index in [0.29, 0.717) is 0 Å². The quantitative estimate of drug-likeness (QED) is 0.630. The molecular weight excluding hydrogens is 242 g/mol. The lowest BCUT2D eigenvalue weighted by molar-refractivity contribution is 0.334. The maximum absolute atomic E-state index is 5.40. The van der Waals surface area contributed by atoms with Gasteiger partial charge in [-0.05, 0) is 44.1 Å². The summed E-state index contributed by atoms with van der Waals surface area (Å²) < 4.78 is 0.